The maximum absolute atomic E-state index is 14.9. The number of ether oxygens (including phenoxy) is 1. The molecule has 3 amide bonds. The number of anilines is 1. The first kappa shape index (κ1) is 35.1. The van der Waals surface area contributed by atoms with Crippen molar-refractivity contribution in [2.75, 3.05) is 5.32 Å². The molecule has 3 aliphatic rings. The van der Waals surface area contributed by atoms with Crippen molar-refractivity contribution in [3.05, 3.63) is 148 Å². The first-order chi connectivity index (χ1) is 26.1. The third kappa shape index (κ3) is 5.89. The lowest BCUT2D eigenvalue weighted by atomic mass is 9.72. The van der Waals surface area contributed by atoms with Crippen LogP contribution < -0.4 is 26.0 Å². The molecule has 0 radical (unpaired) electrons. The molecule has 0 aliphatic carbocycles. The number of aliphatic hydroxyl groups excluding tert-OH is 1. The Morgan fingerprint density at radius 3 is 2.20 bits per heavy atom. The lowest BCUT2D eigenvalue weighted by Crippen LogP contribution is -2.52. The molecule has 5 aromatic rings. The summed E-state index contributed by atoms with van der Waals surface area (Å²) in [5.74, 6) is -1.16. The van der Waals surface area contributed by atoms with Gasteiger partial charge in [-0.05, 0) is 46.2 Å². The lowest BCUT2D eigenvalue weighted by molar-refractivity contribution is -0.135. The Labute approximate surface area is 313 Å². The van der Waals surface area contributed by atoms with Crippen LogP contribution in [0.5, 0.6) is 5.75 Å². The molecule has 0 fully saturated rings. The number of para-hydroxylation sites is 1. The van der Waals surface area contributed by atoms with Crippen LogP contribution in [0.25, 0.3) is 0 Å². The van der Waals surface area contributed by atoms with Gasteiger partial charge in [0.2, 0.25) is 17.7 Å². The lowest BCUT2D eigenvalue weighted by Gasteiger charge is -2.29. The first-order valence-corrected chi connectivity index (χ1v) is 18.4. The fraction of sp³-hybridized carbons (Fsp3) is 0.302. The van der Waals surface area contributed by atoms with Crippen LogP contribution in [-0.4, -0.2) is 46.2 Å². The molecule has 3 aliphatic heterocycles. The average molecular weight is 726 g/mol. The van der Waals surface area contributed by atoms with Crippen LogP contribution in [0.4, 0.5) is 5.69 Å². The SMILES string of the molecule is CC(C)[C@H](O)C(=O)N[C@H]1Cc2ccc3c(c2)C2(c4ccccc4N[C@H]2O3)c2oc(nc2C(=O)NC(c2ccccc2)c2ccccc2)[C@H](C(C)C)NC1=O. The number of carbonyl (C=O) groups excluding carboxylic acids is 3. The molecule has 4 heterocycles. The largest absolute Gasteiger partial charge is 0.469 e. The number of aromatic nitrogens is 1. The summed E-state index contributed by atoms with van der Waals surface area (Å²) >= 11 is 0. The number of amides is 3. The first-order valence-electron chi connectivity index (χ1n) is 18.4. The number of oxazole rings is 1. The molecular weight excluding hydrogens is 683 g/mol. The Bertz CT molecular complexity index is 2180. The van der Waals surface area contributed by atoms with Crippen LogP contribution >= 0.6 is 0 Å². The minimum Gasteiger partial charge on any atom is -0.469 e. The Kier molecular flexibility index (Phi) is 8.97. The molecule has 0 saturated carbocycles. The predicted molar refractivity (Wildman–Crippen MR) is 202 cm³/mol. The van der Waals surface area contributed by atoms with Crippen molar-refractivity contribution in [2.24, 2.45) is 11.8 Å². The Morgan fingerprint density at radius 2 is 1.54 bits per heavy atom. The maximum Gasteiger partial charge on any atom is 0.274 e. The van der Waals surface area contributed by atoms with Gasteiger partial charge in [-0.1, -0.05) is 119 Å². The van der Waals surface area contributed by atoms with Gasteiger partial charge in [0.1, 0.15) is 29.4 Å². The highest BCUT2D eigenvalue weighted by Gasteiger charge is 2.61. The minimum absolute atomic E-state index is 0.0660. The summed E-state index contributed by atoms with van der Waals surface area (Å²) in [7, 11) is 0. The molecule has 5 N–H and O–H groups in total. The van der Waals surface area contributed by atoms with Crippen molar-refractivity contribution in [2.45, 2.75) is 70.0 Å². The molecular formula is C43H43N5O6. The van der Waals surface area contributed by atoms with E-state index in [4.69, 9.17) is 14.1 Å². The molecule has 276 valence electrons. The van der Waals surface area contributed by atoms with Gasteiger partial charge in [-0.3, -0.25) is 14.4 Å². The number of rotatable bonds is 8. The van der Waals surface area contributed by atoms with E-state index in [0.29, 0.717) is 11.5 Å². The van der Waals surface area contributed by atoms with Crippen molar-refractivity contribution < 1.29 is 28.6 Å². The number of aliphatic hydroxyl groups is 1. The van der Waals surface area contributed by atoms with Crippen LogP contribution in [0, 0.1) is 11.8 Å². The molecule has 4 bridgehead atoms. The van der Waals surface area contributed by atoms with E-state index in [1.54, 1.807) is 13.8 Å². The monoisotopic (exact) mass is 725 g/mol. The van der Waals surface area contributed by atoms with Crippen LogP contribution in [-0.2, 0) is 21.4 Å². The quantitative estimate of drug-likeness (QED) is 0.140. The van der Waals surface area contributed by atoms with Gasteiger partial charge in [0.25, 0.3) is 5.91 Å². The van der Waals surface area contributed by atoms with E-state index in [-0.39, 0.29) is 29.8 Å². The topological polar surface area (TPSA) is 155 Å². The molecule has 54 heavy (non-hydrogen) atoms. The van der Waals surface area contributed by atoms with Crippen molar-refractivity contribution in [3.8, 4) is 5.75 Å². The van der Waals surface area contributed by atoms with Crippen LogP contribution in [0.3, 0.4) is 0 Å². The molecule has 0 saturated heterocycles. The smallest absolute Gasteiger partial charge is 0.274 e. The summed E-state index contributed by atoms with van der Waals surface area (Å²) in [4.78, 5) is 47.2. The number of nitrogens with zero attached hydrogens (tertiary/aromatic N) is 1. The van der Waals surface area contributed by atoms with E-state index >= 15 is 0 Å². The average Bonchev–Trinajstić information content (AvgIpc) is 3.85. The molecule has 4 aromatic carbocycles. The highest BCUT2D eigenvalue weighted by Crippen LogP contribution is 2.58. The number of benzene rings is 4. The van der Waals surface area contributed by atoms with Gasteiger partial charge in [0.05, 0.1) is 6.04 Å². The highest BCUT2D eigenvalue weighted by atomic mass is 16.5. The number of fused-ring (bicyclic) bond motifs is 4. The van der Waals surface area contributed by atoms with Gasteiger partial charge in [0, 0.05) is 17.7 Å². The molecule has 8 rings (SSSR count). The zero-order chi connectivity index (χ0) is 37.7. The summed E-state index contributed by atoms with van der Waals surface area (Å²) < 4.78 is 13.5. The van der Waals surface area contributed by atoms with Crippen molar-refractivity contribution in [1.29, 1.82) is 0 Å². The Morgan fingerprint density at radius 1 is 0.870 bits per heavy atom. The zero-order valence-corrected chi connectivity index (χ0v) is 30.5. The Hall–Kier alpha value is -5.94. The van der Waals surface area contributed by atoms with Gasteiger partial charge in [-0.25, -0.2) is 4.98 Å². The fourth-order valence-corrected chi connectivity index (χ4v) is 7.87. The Balaban J connectivity index is 1.32. The minimum atomic E-state index is -1.30. The van der Waals surface area contributed by atoms with Crippen molar-refractivity contribution in [3.63, 3.8) is 0 Å². The summed E-state index contributed by atoms with van der Waals surface area (Å²) in [6, 6.07) is 30.6. The number of hydrogen-bond donors (Lipinski definition) is 5. The highest BCUT2D eigenvalue weighted by molar-refractivity contribution is 5.95. The van der Waals surface area contributed by atoms with E-state index in [1.807, 2.05) is 117 Å². The van der Waals surface area contributed by atoms with Crippen molar-refractivity contribution in [1.82, 2.24) is 20.9 Å². The molecule has 11 heteroatoms. The summed E-state index contributed by atoms with van der Waals surface area (Å²) in [5.41, 5.74) is 3.82. The third-order valence-corrected chi connectivity index (χ3v) is 10.7. The van der Waals surface area contributed by atoms with Crippen molar-refractivity contribution >= 4 is 23.4 Å². The van der Waals surface area contributed by atoms with E-state index in [9.17, 15) is 19.5 Å². The maximum atomic E-state index is 14.9. The number of hydrogen-bond acceptors (Lipinski definition) is 8. The van der Waals surface area contributed by atoms with Crippen LogP contribution in [0.15, 0.2) is 108 Å². The van der Waals surface area contributed by atoms with Crippen LogP contribution in [0.1, 0.15) is 89.7 Å². The molecule has 11 nitrogen and oxygen atoms in total. The predicted octanol–water partition coefficient (Wildman–Crippen LogP) is 5.54. The number of carbonyl (C=O) groups is 3. The summed E-state index contributed by atoms with van der Waals surface area (Å²) in [6.07, 6.45) is -1.87. The van der Waals surface area contributed by atoms with Gasteiger partial charge in [-0.15, -0.1) is 0 Å². The summed E-state index contributed by atoms with van der Waals surface area (Å²) in [6.45, 7) is 7.31. The van der Waals surface area contributed by atoms with E-state index in [0.717, 1.165) is 33.5 Å². The standard InChI is InChI=1S/C43H43N5O6/c1-23(2)33-41-48-35(39(51)47-34(26-13-7-5-8-14-26)27-15-9-6-10-16-27)37(54-41)43-28-17-11-12-18-30(28)45-42(43)53-32-20-19-25(21-29(32)43)22-31(38(50)46-33)44-40(52)36(49)24(3)4/h5-21,23-24,31,33-34,36,42,45,49H,22H2,1-4H3,(H,44,52)(H,46,50)(H,47,51)/t31-,33-,36-,42-,43?/m0/s1. The second-order valence-electron chi connectivity index (χ2n) is 15.0. The van der Waals surface area contributed by atoms with E-state index in [1.165, 1.54) is 0 Å². The normalized spacial score (nSPS) is 21.6. The van der Waals surface area contributed by atoms with Gasteiger partial charge < -0.3 is 35.5 Å². The van der Waals surface area contributed by atoms with E-state index in [2.05, 4.69) is 21.3 Å². The van der Waals surface area contributed by atoms with Gasteiger partial charge in [0.15, 0.2) is 17.7 Å². The third-order valence-electron chi connectivity index (χ3n) is 10.7. The summed E-state index contributed by atoms with van der Waals surface area (Å²) in [5, 5.41) is 23.3. The fourth-order valence-electron chi connectivity index (χ4n) is 7.87. The molecule has 1 unspecified atom stereocenters. The van der Waals surface area contributed by atoms with Gasteiger partial charge >= 0.3 is 0 Å². The molecule has 1 aromatic heterocycles. The second kappa shape index (κ2) is 13.8. The van der Waals surface area contributed by atoms with E-state index < -0.39 is 53.6 Å². The van der Waals surface area contributed by atoms with Gasteiger partial charge in [-0.2, -0.15) is 0 Å². The zero-order valence-electron chi connectivity index (χ0n) is 30.5. The molecule has 5 atom stereocenters. The second-order valence-corrected chi connectivity index (χ2v) is 15.0. The molecule has 1 spiro atoms. The number of nitrogens with one attached hydrogen (secondary N) is 4. The van der Waals surface area contributed by atoms with Crippen LogP contribution in [0.2, 0.25) is 0 Å².